The maximum absolute atomic E-state index is 13.9. The lowest BCUT2D eigenvalue weighted by Gasteiger charge is -2.31. The minimum atomic E-state index is -5.08. The molecule has 1 aliphatic carbocycles. The van der Waals surface area contributed by atoms with Crippen molar-refractivity contribution in [1.82, 2.24) is 20.1 Å². The number of aromatic nitrogens is 3. The van der Waals surface area contributed by atoms with Crippen molar-refractivity contribution in [2.75, 3.05) is 13.2 Å². The first-order chi connectivity index (χ1) is 15.2. The van der Waals surface area contributed by atoms with E-state index in [2.05, 4.69) is 15.2 Å². The summed E-state index contributed by atoms with van der Waals surface area (Å²) in [5.74, 6) is -3.50. The van der Waals surface area contributed by atoms with Gasteiger partial charge in [0.1, 0.15) is 6.10 Å². The molecule has 1 N–H and O–H groups in total. The van der Waals surface area contributed by atoms with Gasteiger partial charge in [-0.25, -0.2) is 14.2 Å². The highest BCUT2D eigenvalue weighted by Gasteiger charge is 2.46. The van der Waals surface area contributed by atoms with Crippen LogP contribution in [0.2, 0.25) is 0 Å². The summed E-state index contributed by atoms with van der Waals surface area (Å²) in [5, 5.41) is 14.6. The van der Waals surface area contributed by atoms with Crippen molar-refractivity contribution >= 4 is 11.9 Å². The molecular weight excluding hydrogens is 440 g/mol. The van der Waals surface area contributed by atoms with E-state index >= 15 is 0 Å². The van der Waals surface area contributed by atoms with E-state index < -0.39 is 24.1 Å². The van der Waals surface area contributed by atoms with Crippen LogP contribution >= 0.6 is 0 Å². The van der Waals surface area contributed by atoms with Gasteiger partial charge >= 0.3 is 12.1 Å². The Labute approximate surface area is 179 Å². The molecule has 13 heteroatoms. The Kier molecular flexibility index (Phi) is 7.18. The summed E-state index contributed by atoms with van der Waals surface area (Å²) in [6.07, 6.45) is 0.162. The largest absolute Gasteiger partial charge is 0.490 e. The number of halogens is 4. The first kappa shape index (κ1) is 23.3. The summed E-state index contributed by atoms with van der Waals surface area (Å²) in [7, 11) is 0. The van der Waals surface area contributed by atoms with E-state index in [0.717, 1.165) is 12.8 Å². The molecule has 2 aromatic heterocycles. The van der Waals surface area contributed by atoms with Crippen LogP contribution in [0.5, 0.6) is 5.88 Å². The number of carboxylic acid groups (broad SMARTS) is 1. The van der Waals surface area contributed by atoms with Gasteiger partial charge in [-0.1, -0.05) is 0 Å². The molecule has 3 atom stereocenters. The first-order valence-corrected chi connectivity index (χ1v) is 9.45. The number of alkyl halides is 3. The molecule has 172 valence electrons. The average Bonchev–Trinajstić information content (AvgIpc) is 3.04. The van der Waals surface area contributed by atoms with Gasteiger partial charge in [-0.15, -0.1) is 0 Å². The third kappa shape index (κ3) is 5.46. The molecule has 2 aromatic rings. The number of hydrogen-bond acceptors (Lipinski definition) is 7. The van der Waals surface area contributed by atoms with E-state index in [1.54, 1.807) is 11.0 Å². The highest BCUT2D eigenvalue weighted by molar-refractivity contribution is 5.94. The van der Waals surface area contributed by atoms with Gasteiger partial charge in [0.05, 0.1) is 36.7 Å². The van der Waals surface area contributed by atoms with Crippen LogP contribution in [0.3, 0.4) is 0 Å². The standard InChI is InChI=1S/C17H17FN4O3.C2HF3O2/c18-12-2-1-6-19-16(12)25-15-13-3-4-14(15)24-9-8-22(13)17(23)11-5-7-20-21-10-11;3-2(4,5)1(6)7/h1-2,5-7,10,13-15H,3-4,8-9H2;(H,6,7). The van der Waals surface area contributed by atoms with Gasteiger partial charge in [-0.3, -0.25) is 4.79 Å². The van der Waals surface area contributed by atoms with E-state index in [-0.39, 0.29) is 23.9 Å². The predicted octanol–water partition coefficient (Wildman–Crippen LogP) is 2.09. The lowest BCUT2D eigenvalue weighted by atomic mass is 10.1. The summed E-state index contributed by atoms with van der Waals surface area (Å²) >= 11 is 0. The predicted molar refractivity (Wildman–Crippen MR) is 98.1 cm³/mol. The molecule has 9 nitrogen and oxygen atoms in total. The monoisotopic (exact) mass is 458 g/mol. The second kappa shape index (κ2) is 9.85. The molecule has 1 saturated heterocycles. The normalized spacial score (nSPS) is 22.4. The Morgan fingerprint density at radius 1 is 1.19 bits per heavy atom. The van der Waals surface area contributed by atoms with Crippen LogP contribution in [0, 0.1) is 5.82 Å². The topological polar surface area (TPSA) is 115 Å². The molecule has 0 aromatic carbocycles. The number of carbonyl (C=O) groups is 2. The van der Waals surface area contributed by atoms with Crippen LogP contribution < -0.4 is 4.74 Å². The van der Waals surface area contributed by atoms with Crippen molar-refractivity contribution in [2.24, 2.45) is 0 Å². The summed E-state index contributed by atoms with van der Waals surface area (Å²) in [6.45, 7) is 0.864. The number of ether oxygens (including phenoxy) is 2. The molecule has 0 radical (unpaired) electrons. The zero-order chi connectivity index (χ0) is 23.3. The van der Waals surface area contributed by atoms with Crippen molar-refractivity contribution in [3.63, 3.8) is 0 Å². The van der Waals surface area contributed by atoms with E-state index in [9.17, 15) is 22.4 Å². The lowest BCUT2D eigenvalue weighted by Crippen LogP contribution is -2.47. The summed E-state index contributed by atoms with van der Waals surface area (Å²) in [4.78, 5) is 27.4. The van der Waals surface area contributed by atoms with Gasteiger partial charge in [-0.2, -0.15) is 23.4 Å². The molecule has 1 saturated carbocycles. The Balaban J connectivity index is 0.000000360. The van der Waals surface area contributed by atoms with Crippen LogP contribution in [0.15, 0.2) is 36.8 Å². The van der Waals surface area contributed by atoms with Crippen LogP contribution in [-0.4, -0.2) is 74.6 Å². The van der Waals surface area contributed by atoms with Crippen LogP contribution in [0.4, 0.5) is 17.6 Å². The van der Waals surface area contributed by atoms with Crippen LogP contribution in [0.1, 0.15) is 23.2 Å². The van der Waals surface area contributed by atoms with E-state index in [4.69, 9.17) is 19.4 Å². The number of carboxylic acids is 1. The molecule has 1 amide bonds. The lowest BCUT2D eigenvalue weighted by molar-refractivity contribution is -0.192. The Morgan fingerprint density at radius 2 is 1.94 bits per heavy atom. The molecular formula is C19H18F4N4O5. The Bertz CT molecular complexity index is 947. The number of nitrogens with zero attached hydrogens (tertiary/aromatic N) is 4. The maximum Gasteiger partial charge on any atom is 0.490 e. The third-order valence-electron chi connectivity index (χ3n) is 4.86. The smallest absolute Gasteiger partial charge is 0.475 e. The van der Waals surface area contributed by atoms with Crippen molar-refractivity contribution in [3.8, 4) is 5.88 Å². The molecule has 4 rings (SSSR count). The zero-order valence-corrected chi connectivity index (χ0v) is 16.4. The Hall–Kier alpha value is -3.35. The minimum Gasteiger partial charge on any atom is -0.475 e. The van der Waals surface area contributed by atoms with Crippen LogP contribution in [-0.2, 0) is 9.53 Å². The minimum absolute atomic E-state index is 0.0622. The molecule has 1 aliphatic heterocycles. The summed E-state index contributed by atoms with van der Waals surface area (Å²) in [6, 6.07) is 4.23. The first-order valence-electron chi connectivity index (χ1n) is 9.45. The Morgan fingerprint density at radius 3 is 2.56 bits per heavy atom. The number of rotatable bonds is 3. The number of aliphatic carboxylic acids is 1. The molecule has 3 unspecified atom stereocenters. The van der Waals surface area contributed by atoms with Crippen molar-refractivity contribution in [2.45, 2.75) is 37.3 Å². The van der Waals surface area contributed by atoms with Gasteiger partial charge in [0, 0.05) is 12.7 Å². The number of amides is 1. The second-order valence-electron chi connectivity index (χ2n) is 6.86. The summed E-state index contributed by atoms with van der Waals surface area (Å²) in [5.41, 5.74) is 0.461. The molecule has 3 heterocycles. The van der Waals surface area contributed by atoms with Crippen molar-refractivity contribution in [1.29, 1.82) is 0 Å². The molecule has 2 aliphatic rings. The molecule has 0 spiro atoms. The quantitative estimate of drug-likeness (QED) is 0.696. The number of fused-ring (bicyclic) bond motifs is 2. The fraction of sp³-hybridized carbons (Fsp3) is 0.421. The van der Waals surface area contributed by atoms with Gasteiger partial charge in [0.25, 0.3) is 11.8 Å². The molecule has 2 fully saturated rings. The third-order valence-corrected chi connectivity index (χ3v) is 4.86. The van der Waals surface area contributed by atoms with Crippen molar-refractivity contribution < 1.29 is 41.7 Å². The fourth-order valence-electron chi connectivity index (χ4n) is 3.47. The number of hydrogen-bond donors (Lipinski definition) is 1. The van der Waals surface area contributed by atoms with Crippen LogP contribution in [0.25, 0.3) is 0 Å². The maximum atomic E-state index is 13.9. The average molecular weight is 458 g/mol. The second-order valence-corrected chi connectivity index (χ2v) is 6.86. The van der Waals surface area contributed by atoms with E-state index in [0.29, 0.717) is 18.7 Å². The van der Waals surface area contributed by atoms with Gasteiger partial charge in [0.2, 0.25) is 0 Å². The highest BCUT2D eigenvalue weighted by atomic mass is 19.4. The fourth-order valence-corrected chi connectivity index (χ4v) is 3.47. The van der Waals surface area contributed by atoms with Crippen molar-refractivity contribution in [3.05, 3.63) is 48.2 Å². The van der Waals surface area contributed by atoms with E-state index in [1.165, 1.54) is 30.7 Å². The zero-order valence-electron chi connectivity index (χ0n) is 16.4. The number of carbonyl (C=O) groups excluding carboxylic acids is 1. The van der Waals surface area contributed by atoms with Gasteiger partial charge in [-0.05, 0) is 31.0 Å². The highest BCUT2D eigenvalue weighted by Crippen LogP contribution is 2.33. The van der Waals surface area contributed by atoms with Gasteiger partial charge in [0.15, 0.2) is 5.82 Å². The number of pyridine rings is 1. The van der Waals surface area contributed by atoms with E-state index in [1.807, 2.05) is 0 Å². The molecule has 32 heavy (non-hydrogen) atoms. The summed E-state index contributed by atoms with van der Waals surface area (Å²) < 4.78 is 57.3. The SMILES string of the molecule is O=C(O)C(F)(F)F.O=C(c1ccnnc1)N1CCOC2CCC1C2Oc1ncccc1F. The molecule has 2 bridgehead atoms. The van der Waals surface area contributed by atoms with Gasteiger partial charge < -0.3 is 19.5 Å².